The first kappa shape index (κ1) is 15.9. The van der Waals surface area contributed by atoms with Crippen LogP contribution >= 0.6 is 0 Å². The van der Waals surface area contributed by atoms with E-state index in [4.69, 9.17) is 0 Å². The first-order chi connectivity index (χ1) is 10.4. The van der Waals surface area contributed by atoms with Gasteiger partial charge in [-0.1, -0.05) is 0 Å². The van der Waals surface area contributed by atoms with Crippen LogP contribution in [-0.4, -0.2) is 14.8 Å². The highest BCUT2D eigenvalue weighted by Gasteiger charge is 2.08. The summed E-state index contributed by atoms with van der Waals surface area (Å²) in [5.74, 6) is -1.64. The molecule has 2 aromatic rings. The molecule has 0 heterocycles. The molecule has 1 unspecified atom stereocenters. The average molecular weight is 326 g/mol. The molecule has 0 spiro atoms. The van der Waals surface area contributed by atoms with Crippen LogP contribution in [0, 0.1) is 11.6 Å². The molecule has 0 saturated heterocycles. The van der Waals surface area contributed by atoms with E-state index in [2.05, 4.69) is 15.4 Å². The number of carbonyl (C=O) groups excluding carboxylic acids is 1. The Kier molecular flexibility index (Phi) is 5.02. The van der Waals surface area contributed by atoms with Gasteiger partial charge in [-0.25, -0.2) is 13.6 Å². The van der Waals surface area contributed by atoms with Crippen LogP contribution < -0.4 is 15.4 Å². The minimum atomic E-state index is -2.44. The zero-order chi connectivity index (χ0) is 16.1. The fourth-order valence-electron chi connectivity index (χ4n) is 1.59. The molecule has 0 aliphatic heterocycles. The van der Waals surface area contributed by atoms with Crippen LogP contribution in [0.25, 0.3) is 0 Å². The van der Waals surface area contributed by atoms with Crippen LogP contribution in [0.15, 0.2) is 42.5 Å². The summed E-state index contributed by atoms with van der Waals surface area (Å²) in [5.41, 5.74) is 0.519. The van der Waals surface area contributed by atoms with E-state index < -0.39 is 28.9 Å². The molecular formula is C13H10F2N3O3S-. The van der Waals surface area contributed by atoms with Crippen molar-refractivity contribution in [2.45, 2.75) is 0 Å². The van der Waals surface area contributed by atoms with Gasteiger partial charge in [-0.3, -0.25) is 4.21 Å². The van der Waals surface area contributed by atoms with Crippen LogP contribution in [0.3, 0.4) is 0 Å². The number of hydrogen-bond acceptors (Lipinski definition) is 3. The molecule has 0 bridgehead atoms. The van der Waals surface area contributed by atoms with Crippen LogP contribution in [0.1, 0.15) is 0 Å². The highest BCUT2D eigenvalue weighted by atomic mass is 32.2. The summed E-state index contributed by atoms with van der Waals surface area (Å²) in [5, 5.41) is 4.65. The lowest BCUT2D eigenvalue weighted by Crippen LogP contribution is -2.20. The fourth-order valence-corrected chi connectivity index (χ4v) is 1.92. The molecule has 1 atom stereocenters. The Morgan fingerprint density at radius 1 is 1.00 bits per heavy atom. The van der Waals surface area contributed by atoms with Gasteiger partial charge < -0.3 is 19.9 Å². The molecule has 2 aromatic carbocycles. The predicted octanol–water partition coefficient (Wildman–Crippen LogP) is 2.81. The maximum Gasteiger partial charge on any atom is 0.323 e. The molecule has 3 N–H and O–H groups in total. The van der Waals surface area contributed by atoms with E-state index in [9.17, 15) is 22.3 Å². The summed E-state index contributed by atoms with van der Waals surface area (Å²) in [6, 6.07) is 7.82. The first-order valence-corrected chi connectivity index (χ1v) is 7.00. The van der Waals surface area contributed by atoms with Gasteiger partial charge in [0.2, 0.25) is 0 Å². The summed E-state index contributed by atoms with van der Waals surface area (Å²) in [6.07, 6.45) is 0. The second kappa shape index (κ2) is 6.96. The summed E-state index contributed by atoms with van der Waals surface area (Å²) in [7, 11) is 0. The van der Waals surface area contributed by atoms with Gasteiger partial charge in [0.05, 0.1) is 5.69 Å². The van der Waals surface area contributed by atoms with E-state index in [0.29, 0.717) is 17.4 Å². The molecule has 116 valence electrons. The fraction of sp³-hybridized carbons (Fsp3) is 0. The van der Waals surface area contributed by atoms with Crippen molar-refractivity contribution in [3.8, 4) is 0 Å². The van der Waals surface area contributed by atoms with Crippen molar-refractivity contribution < 1.29 is 22.3 Å². The first-order valence-electron chi connectivity index (χ1n) is 5.93. The third kappa shape index (κ3) is 4.50. The summed E-state index contributed by atoms with van der Waals surface area (Å²) < 4.78 is 49.1. The zero-order valence-electron chi connectivity index (χ0n) is 10.9. The normalized spacial score (nSPS) is 11.6. The van der Waals surface area contributed by atoms with Gasteiger partial charge in [0.1, 0.15) is 11.6 Å². The standard InChI is InChI=1S/C13H11F2N3O3S/c14-8-1-6-12(11(15)7-8)17-13(19)16-9-2-4-10(5-3-9)18-22(20)21/h1-7,18H,(H,20,21)(H2,16,17,19)/p-1. The lowest BCUT2D eigenvalue weighted by atomic mass is 10.3. The van der Waals surface area contributed by atoms with Gasteiger partial charge in [0.15, 0.2) is 0 Å². The maximum atomic E-state index is 13.4. The number of anilines is 3. The summed E-state index contributed by atoms with van der Waals surface area (Å²) >= 11 is -2.44. The number of halogens is 2. The quantitative estimate of drug-likeness (QED) is 0.754. The molecule has 0 fully saturated rings. The van der Waals surface area contributed by atoms with Crippen molar-refractivity contribution in [1.29, 1.82) is 0 Å². The van der Waals surface area contributed by atoms with Gasteiger partial charge in [0.25, 0.3) is 0 Å². The van der Waals surface area contributed by atoms with Gasteiger partial charge in [-0.15, -0.1) is 0 Å². The monoisotopic (exact) mass is 326 g/mol. The van der Waals surface area contributed by atoms with E-state index in [1.54, 1.807) is 0 Å². The van der Waals surface area contributed by atoms with E-state index in [1.165, 1.54) is 24.3 Å². The number of rotatable bonds is 4. The van der Waals surface area contributed by atoms with Gasteiger partial charge in [-0.2, -0.15) is 0 Å². The Morgan fingerprint density at radius 3 is 2.23 bits per heavy atom. The smallest absolute Gasteiger partial charge is 0.323 e. The largest absolute Gasteiger partial charge is 0.755 e. The SMILES string of the molecule is O=C(Nc1ccc(NS(=O)[O-])cc1)Nc1ccc(F)cc1F. The Hall–Kier alpha value is -2.52. The number of hydrogen-bond donors (Lipinski definition) is 3. The Balaban J connectivity index is 1.98. The van der Waals surface area contributed by atoms with Crippen molar-refractivity contribution in [3.05, 3.63) is 54.1 Å². The maximum absolute atomic E-state index is 13.4. The molecule has 2 amide bonds. The minimum Gasteiger partial charge on any atom is -0.755 e. The zero-order valence-corrected chi connectivity index (χ0v) is 11.7. The van der Waals surface area contributed by atoms with Crippen molar-refractivity contribution in [1.82, 2.24) is 0 Å². The molecule has 0 aliphatic carbocycles. The second-order valence-electron chi connectivity index (χ2n) is 4.12. The van der Waals surface area contributed by atoms with Crippen LogP contribution in [-0.2, 0) is 11.3 Å². The summed E-state index contributed by atoms with van der Waals surface area (Å²) in [4.78, 5) is 11.7. The molecular weight excluding hydrogens is 316 g/mol. The van der Waals surface area contributed by atoms with Crippen molar-refractivity contribution in [2.75, 3.05) is 15.4 Å². The molecule has 0 saturated carbocycles. The Bertz CT molecular complexity index is 710. The van der Waals surface area contributed by atoms with Crippen molar-refractivity contribution >= 4 is 34.4 Å². The van der Waals surface area contributed by atoms with Crippen LogP contribution in [0.4, 0.5) is 30.6 Å². The van der Waals surface area contributed by atoms with Gasteiger partial charge in [0, 0.05) is 28.7 Å². The molecule has 22 heavy (non-hydrogen) atoms. The van der Waals surface area contributed by atoms with E-state index in [1.807, 2.05) is 0 Å². The minimum absolute atomic E-state index is 0.168. The number of nitrogens with one attached hydrogen (secondary N) is 3. The van der Waals surface area contributed by atoms with Crippen LogP contribution in [0.2, 0.25) is 0 Å². The molecule has 6 nitrogen and oxygen atoms in total. The van der Waals surface area contributed by atoms with E-state index >= 15 is 0 Å². The Morgan fingerprint density at radius 2 is 1.64 bits per heavy atom. The average Bonchev–Trinajstić information content (AvgIpc) is 2.43. The second-order valence-corrected chi connectivity index (χ2v) is 4.79. The number of urea groups is 1. The summed E-state index contributed by atoms with van der Waals surface area (Å²) in [6.45, 7) is 0. The third-order valence-electron chi connectivity index (χ3n) is 2.52. The number of amides is 2. The highest BCUT2D eigenvalue weighted by molar-refractivity contribution is 7.80. The molecule has 9 heteroatoms. The number of carbonyl (C=O) groups is 1. The number of benzene rings is 2. The van der Waals surface area contributed by atoms with E-state index in [0.717, 1.165) is 12.1 Å². The molecule has 0 aliphatic rings. The topological polar surface area (TPSA) is 93.3 Å². The molecule has 0 radical (unpaired) electrons. The predicted molar refractivity (Wildman–Crippen MR) is 78.0 cm³/mol. The van der Waals surface area contributed by atoms with E-state index in [-0.39, 0.29) is 5.69 Å². The van der Waals surface area contributed by atoms with Gasteiger partial charge in [-0.05, 0) is 36.4 Å². The third-order valence-corrected chi connectivity index (χ3v) is 2.93. The molecule has 2 rings (SSSR count). The highest BCUT2D eigenvalue weighted by Crippen LogP contribution is 2.17. The van der Waals surface area contributed by atoms with Gasteiger partial charge >= 0.3 is 6.03 Å². The lowest BCUT2D eigenvalue weighted by molar-refractivity contribution is 0.262. The molecule has 0 aromatic heterocycles. The van der Waals surface area contributed by atoms with Crippen LogP contribution in [0.5, 0.6) is 0 Å². The van der Waals surface area contributed by atoms with Crippen molar-refractivity contribution in [3.63, 3.8) is 0 Å². The van der Waals surface area contributed by atoms with Crippen molar-refractivity contribution in [2.24, 2.45) is 0 Å². The Labute approximate surface area is 127 Å². The lowest BCUT2D eigenvalue weighted by Gasteiger charge is -2.11.